The van der Waals surface area contributed by atoms with Crippen LogP contribution in [0.25, 0.3) is 0 Å². The minimum absolute atomic E-state index is 0.236. The van der Waals surface area contributed by atoms with Crippen LogP contribution in [0.4, 0.5) is 0 Å². The largest absolute Gasteiger partial charge is 0.343 e. The van der Waals surface area contributed by atoms with E-state index in [2.05, 4.69) is 39.5 Å². The number of hydrogen-bond acceptors (Lipinski definition) is 2. The summed E-state index contributed by atoms with van der Waals surface area (Å²) in [6.07, 6.45) is 6.36. The Hall–Kier alpha value is -0.570. The summed E-state index contributed by atoms with van der Waals surface area (Å²) in [6, 6.07) is 0. The van der Waals surface area contributed by atoms with Gasteiger partial charge in [-0.25, -0.2) is 0 Å². The van der Waals surface area contributed by atoms with Crippen LogP contribution >= 0.6 is 0 Å². The molecule has 0 bridgehead atoms. The van der Waals surface area contributed by atoms with Crippen molar-refractivity contribution in [2.45, 2.75) is 73.1 Å². The molecular weight excluding hydrogens is 260 g/mol. The Morgan fingerprint density at radius 1 is 1.14 bits per heavy atom. The molecule has 0 aromatic carbocycles. The molecule has 21 heavy (non-hydrogen) atoms. The van der Waals surface area contributed by atoms with Crippen LogP contribution in [0.1, 0.15) is 73.1 Å². The number of rotatable bonds is 6. The molecule has 1 heterocycles. The van der Waals surface area contributed by atoms with Crippen molar-refractivity contribution in [2.75, 3.05) is 19.6 Å². The molecule has 0 radical (unpaired) electrons. The lowest BCUT2D eigenvalue weighted by molar-refractivity contribution is -0.130. The molecule has 0 saturated carbocycles. The summed E-state index contributed by atoms with van der Waals surface area (Å²) in [5.41, 5.74) is 6.32. The third kappa shape index (κ3) is 6.37. The normalized spacial score (nSPS) is 21.5. The van der Waals surface area contributed by atoms with Crippen LogP contribution in [-0.4, -0.2) is 30.4 Å². The summed E-state index contributed by atoms with van der Waals surface area (Å²) < 4.78 is 0. The molecule has 2 N–H and O–H groups in total. The average molecular weight is 296 g/mol. The van der Waals surface area contributed by atoms with Crippen molar-refractivity contribution in [3.63, 3.8) is 0 Å². The maximum atomic E-state index is 12.2. The Morgan fingerprint density at radius 3 is 2.38 bits per heavy atom. The molecule has 1 aliphatic rings. The Bertz CT molecular complexity index is 331. The molecule has 1 fully saturated rings. The number of likely N-dealkylation sites (tertiary alicyclic amines) is 1. The Balaban J connectivity index is 2.37. The Kier molecular flexibility index (Phi) is 6.71. The molecule has 0 aliphatic carbocycles. The predicted molar refractivity (Wildman–Crippen MR) is 90.1 cm³/mol. The van der Waals surface area contributed by atoms with E-state index in [1.807, 2.05) is 0 Å². The van der Waals surface area contributed by atoms with Crippen molar-refractivity contribution in [3.05, 3.63) is 0 Å². The highest BCUT2D eigenvalue weighted by atomic mass is 16.2. The van der Waals surface area contributed by atoms with Gasteiger partial charge >= 0.3 is 0 Å². The van der Waals surface area contributed by atoms with Crippen LogP contribution < -0.4 is 5.73 Å². The monoisotopic (exact) mass is 296 g/mol. The zero-order chi connectivity index (χ0) is 16.1. The van der Waals surface area contributed by atoms with Gasteiger partial charge < -0.3 is 10.6 Å². The summed E-state index contributed by atoms with van der Waals surface area (Å²) in [6.45, 7) is 13.9. The van der Waals surface area contributed by atoms with Crippen LogP contribution in [0.15, 0.2) is 0 Å². The molecule has 1 amide bonds. The summed E-state index contributed by atoms with van der Waals surface area (Å²) >= 11 is 0. The molecule has 1 aliphatic heterocycles. The van der Waals surface area contributed by atoms with E-state index < -0.39 is 0 Å². The molecular formula is C18H36N2O. The molecule has 0 spiro atoms. The van der Waals surface area contributed by atoms with Crippen LogP contribution in [0.2, 0.25) is 0 Å². The van der Waals surface area contributed by atoms with E-state index in [1.54, 1.807) is 0 Å². The second kappa shape index (κ2) is 7.62. The zero-order valence-corrected chi connectivity index (χ0v) is 14.9. The maximum Gasteiger partial charge on any atom is 0.222 e. The van der Waals surface area contributed by atoms with Crippen LogP contribution in [0.3, 0.4) is 0 Å². The molecule has 3 heteroatoms. The van der Waals surface area contributed by atoms with Crippen molar-refractivity contribution in [1.29, 1.82) is 0 Å². The van der Waals surface area contributed by atoms with Crippen molar-refractivity contribution in [1.82, 2.24) is 4.90 Å². The van der Waals surface area contributed by atoms with E-state index in [0.29, 0.717) is 17.2 Å². The highest BCUT2D eigenvalue weighted by molar-refractivity contribution is 5.76. The number of nitrogens with zero attached hydrogens (tertiary/aromatic N) is 1. The first-order valence-corrected chi connectivity index (χ1v) is 8.63. The fourth-order valence-electron chi connectivity index (χ4n) is 3.15. The molecule has 1 unspecified atom stereocenters. The second-order valence-electron chi connectivity index (χ2n) is 8.60. The van der Waals surface area contributed by atoms with Gasteiger partial charge in [0.2, 0.25) is 5.91 Å². The predicted octanol–water partition coefficient (Wildman–Crippen LogP) is 3.82. The van der Waals surface area contributed by atoms with Gasteiger partial charge in [0.25, 0.3) is 0 Å². The maximum absolute atomic E-state index is 12.2. The number of carbonyl (C=O) groups excluding carboxylic acids is 1. The second-order valence-corrected chi connectivity index (χ2v) is 8.60. The smallest absolute Gasteiger partial charge is 0.222 e. The Morgan fingerprint density at radius 2 is 1.81 bits per heavy atom. The fraction of sp³-hybridized carbons (Fsp3) is 0.944. The summed E-state index contributed by atoms with van der Waals surface area (Å²) in [4.78, 5) is 14.3. The standard InChI is InChI=1S/C18H36N2O/c1-17(2,3)15-8-9-16(21)20(13-10-15)12-7-6-11-18(4,5)14-19/h15H,6-14,19H2,1-5H3. The molecule has 0 aromatic rings. The minimum Gasteiger partial charge on any atom is -0.343 e. The number of amides is 1. The summed E-state index contributed by atoms with van der Waals surface area (Å²) in [5.74, 6) is 1.03. The van der Waals surface area contributed by atoms with Crippen molar-refractivity contribution in [3.8, 4) is 0 Å². The van der Waals surface area contributed by atoms with Gasteiger partial charge in [-0.3, -0.25) is 4.79 Å². The van der Waals surface area contributed by atoms with Gasteiger partial charge in [-0.2, -0.15) is 0 Å². The average Bonchev–Trinajstić information content (AvgIpc) is 2.57. The Labute approximate surface area is 131 Å². The fourth-order valence-corrected chi connectivity index (χ4v) is 3.15. The van der Waals surface area contributed by atoms with E-state index in [0.717, 1.165) is 58.2 Å². The zero-order valence-electron chi connectivity index (χ0n) is 14.9. The number of unbranched alkanes of at least 4 members (excludes halogenated alkanes) is 1. The number of carbonyl (C=O) groups is 1. The van der Waals surface area contributed by atoms with E-state index in [9.17, 15) is 4.79 Å². The van der Waals surface area contributed by atoms with Gasteiger partial charge in [0.05, 0.1) is 0 Å². The van der Waals surface area contributed by atoms with Crippen molar-refractivity contribution in [2.24, 2.45) is 22.5 Å². The lowest BCUT2D eigenvalue weighted by Crippen LogP contribution is -2.32. The third-order valence-electron chi connectivity index (χ3n) is 5.12. The highest BCUT2D eigenvalue weighted by Gasteiger charge is 2.29. The lowest BCUT2D eigenvalue weighted by atomic mass is 9.77. The van der Waals surface area contributed by atoms with E-state index in [-0.39, 0.29) is 5.41 Å². The van der Waals surface area contributed by atoms with Gasteiger partial charge in [-0.15, -0.1) is 0 Å². The number of hydrogen-bond donors (Lipinski definition) is 1. The van der Waals surface area contributed by atoms with Crippen LogP contribution in [0, 0.1) is 16.7 Å². The minimum atomic E-state index is 0.236. The first-order valence-electron chi connectivity index (χ1n) is 8.63. The molecule has 1 saturated heterocycles. The van der Waals surface area contributed by atoms with E-state index >= 15 is 0 Å². The first kappa shape index (κ1) is 18.5. The molecule has 124 valence electrons. The number of nitrogens with two attached hydrogens (primary N) is 1. The van der Waals surface area contributed by atoms with Gasteiger partial charge in [-0.05, 0) is 49.0 Å². The quantitative estimate of drug-likeness (QED) is 0.757. The molecule has 3 nitrogen and oxygen atoms in total. The summed E-state index contributed by atoms with van der Waals surface area (Å²) in [7, 11) is 0. The third-order valence-corrected chi connectivity index (χ3v) is 5.12. The molecule has 0 aromatic heterocycles. The topological polar surface area (TPSA) is 46.3 Å². The van der Waals surface area contributed by atoms with E-state index in [1.165, 1.54) is 0 Å². The molecule has 1 atom stereocenters. The highest BCUT2D eigenvalue weighted by Crippen LogP contribution is 2.34. The molecule has 1 rings (SSSR count). The van der Waals surface area contributed by atoms with E-state index in [4.69, 9.17) is 5.73 Å². The van der Waals surface area contributed by atoms with Crippen LogP contribution in [-0.2, 0) is 4.79 Å². The lowest BCUT2D eigenvalue weighted by Gasteiger charge is -2.29. The van der Waals surface area contributed by atoms with Crippen molar-refractivity contribution >= 4 is 5.91 Å². The summed E-state index contributed by atoms with van der Waals surface area (Å²) in [5, 5.41) is 0. The van der Waals surface area contributed by atoms with Gasteiger partial charge in [-0.1, -0.05) is 41.0 Å². The van der Waals surface area contributed by atoms with Crippen LogP contribution in [0.5, 0.6) is 0 Å². The van der Waals surface area contributed by atoms with Gasteiger partial charge in [0.1, 0.15) is 0 Å². The van der Waals surface area contributed by atoms with Crippen molar-refractivity contribution < 1.29 is 4.79 Å². The first-order chi connectivity index (χ1) is 9.65. The van der Waals surface area contributed by atoms with Gasteiger partial charge in [0.15, 0.2) is 0 Å². The SMILES string of the molecule is CC(C)(CN)CCCCN1CCC(C(C)(C)C)CCC1=O. The van der Waals surface area contributed by atoms with Gasteiger partial charge in [0, 0.05) is 19.5 Å².